The molecule has 1 N–H and O–H groups in total. The molecule has 1 saturated heterocycles. The molecule has 2 aromatic heterocycles. The highest BCUT2D eigenvalue weighted by atomic mass is 16.1. The fraction of sp³-hybridized carbons (Fsp3) is 0.600. The third-order valence-corrected chi connectivity index (χ3v) is 5.41. The van der Waals surface area contributed by atoms with Crippen molar-refractivity contribution in [2.75, 3.05) is 24.5 Å². The Morgan fingerprint density at radius 3 is 2.74 bits per heavy atom. The molecule has 1 aliphatic carbocycles. The first-order valence-corrected chi connectivity index (χ1v) is 9.82. The molecule has 0 spiro atoms. The first-order chi connectivity index (χ1) is 12.9. The number of allylic oxidation sites excluding steroid dienone is 2. The zero-order valence-corrected chi connectivity index (χ0v) is 16.4. The van der Waals surface area contributed by atoms with E-state index >= 15 is 0 Å². The van der Waals surface area contributed by atoms with E-state index in [0.717, 1.165) is 56.2 Å². The van der Waals surface area contributed by atoms with Crippen molar-refractivity contribution >= 4 is 17.4 Å². The van der Waals surface area contributed by atoms with Crippen molar-refractivity contribution in [3.8, 4) is 0 Å². The van der Waals surface area contributed by atoms with Crippen LogP contribution in [0.4, 0.5) is 5.82 Å². The predicted octanol–water partition coefficient (Wildman–Crippen LogP) is 2.33. The third-order valence-electron chi connectivity index (χ3n) is 5.41. The van der Waals surface area contributed by atoms with Gasteiger partial charge in [0.05, 0.1) is 0 Å². The van der Waals surface area contributed by atoms with Crippen LogP contribution in [-0.2, 0) is 10.2 Å². The van der Waals surface area contributed by atoms with Crippen LogP contribution in [0, 0.1) is 11.8 Å². The van der Waals surface area contributed by atoms with E-state index in [9.17, 15) is 4.79 Å². The number of amides is 1. The first-order valence-electron chi connectivity index (χ1n) is 9.82. The van der Waals surface area contributed by atoms with Crippen molar-refractivity contribution in [2.45, 2.75) is 45.4 Å². The lowest BCUT2D eigenvalue weighted by Crippen LogP contribution is -2.52. The standard InChI is InChI=1S/C20H28N6O/c1-20(2,3)19-23-22-16-9-10-17(24-26(16)19)25-12-14(13-25)11-21-18(27)15-7-5-4-6-8-15/h4-5,9-10,14-15H,6-8,11-13H2,1-3H3,(H,21,27). The summed E-state index contributed by atoms with van der Waals surface area (Å²) in [6.07, 6.45) is 7.15. The number of carbonyl (C=O) groups is 1. The van der Waals surface area contributed by atoms with Crippen molar-refractivity contribution in [3.05, 3.63) is 30.1 Å². The van der Waals surface area contributed by atoms with Gasteiger partial charge in [0, 0.05) is 36.9 Å². The number of carbonyl (C=O) groups excluding carboxylic acids is 1. The Morgan fingerprint density at radius 1 is 1.22 bits per heavy atom. The lowest BCUT2D eigenvalue weighted by atomic mass is 9.93. The van der Waals surface area contributed by atoms with Gasteiger partial charge < -0.3 is 10.2 Å². The number of nitrogens with one attached hydrogen (secondary N) is 1. The van der Waals surface area contributed by atoms with Crippen LogP contribution in [0.5, 0.6) is 0 Å². The second kappa shape index (κ2) is 6.94. The summed E-state index contributed by atoms with van der Waals surface area (Å²) >= 11 is 0. The summed E-state index contributed by atoms with van der Waals surface area (Å²) in [6.45, 7) is 8.91. The lowest BCUT2D eigenvalue weighted by molar-refractivity contribution is -0.125. The topological polar surface area (TPSA) is 75.4 Å². The minimum Gasteiger partial charge on any atom is -0.355 e. The van der Waals surface area contributed by atoms with Crippen LogP contribution in [0.3, 0.4) is 0 Å². The Bertz CT molecular complexity index is 859. The SMILES string of the molecule is CC(C)(C)c1nnc2ccc(N3CC(CNC(=O)C4CC=CCC4)C3)nn12. The molecule has 144 valence electrons. The lowest BCUT2D eigenvalue weighted by Gasteiger charge is -2.40. The molecule has 1 atom stereocenters. The Kier molecular flexibility index (Phi) is 4.61. The maximum atomic E-state index is 12.3. The van der Waals surface area contributed by atoms with Crippen LogP contribution in [0.1, 0.15) is 45.9 Å². The van der Waals surface area contributed by atoms with Gasteiger partial charge in [-0.3, -0.25) is 4.79 Å². The van der Waals surface area contributed by atoms with E-state index in [1.807, 2.05) is 16.6 Å². The molecule has 0 aromatic carbocycles. The Balaban J connectivity index is 1.34. The smallest absolute Gasteiger partial charge is 0.223 e. The van der Waals surface area contributed by atoms with Crippen LogP contribution >= 0.6 is 0 Å². The van der Waals surface area contributed by atoms with Gasteiger partial charge in [-0.1, -0.05) is 32.9 Å². The number of hydrogen-bond donors (Lipinski definition) is 1. The van der Waals surface area contributed by atoms with Crippen molar-refractivity contribution in [2.24, 2.45) is 11.8 Å². The van der Waals surface area contributed by atoms with Gasteiger partial charge in [0.25, 0.3) is 0 Å². The van der Waals surface area contributed by atoms with Gasteiger partial charge in [0.2, 0.25) is 5.91 Å². The molecule has 7 heteroatoms. The van der Waals surface area contributed by atoms with E-state index in [1.54, 1.807) is 0 Å². The number of hydrogen-bond acceptors (Lipinski definition) is 5. The summed E-state index contributed by atoms with van der Waals surface area (Å²) in [5, 5.41) is 16.4. The molecule has 2 aromatic rings. The minimum atomic E-state index is -0.110. The second-order valence-corrected chi connectivity index (χ2v) is 8.73. The summed E-state index contributed by atoms with van der Waals surface area (Å²) in [5.41, 5.74) is 0.663. The number of nitrogens with zero attached hydrogens (tertiary/aromatic N) is 5. The number of anilines is 1. The second-order valence-electron chi connectivity index (χ2n) is 8.73. The molecule has 2 aliphatic rings. The summed E-state index contributed by atoms with van der Waals surface area (Å²) in [6, 6.07) is 3.97. The third kappa shape index (κ3) is 3.68. The van der Waals surface area contributed by atoms with E-state index < -0.39 is 0 Å². The van der Waals surface area contributed by atoms with E-state index in [0.29, 0.717) is 5.92 Å². The van der Waals surface area contributed by atoms with Gasteiger partial charge in [-0.05, 0) is 31.4 Å². The summed E-state index contributed by atoms with van der Waals surface area (Å²) < 4.78 is 1.85. The van der Waals surface area contributed by atoms with Gasteiger partial charge in [-0.2, -0.15) is 4.52 Å². The molecular weight excluding hydrogens is 340 g/mol. The quantitative estimate of drug-likeness (QED) is 0.839. The van der Waals surface area contributed by atoms with Crippen molar-refractivity contribution in [3.63, 3.8) is 0 Å². The molecule has 0 radical (unpaired) electrons. The molecule has 1 aliphatic heterocycles. The van der Waals surface area contributed by atoms with E-state index in [4.69, 9.17) is 5.10 Å². The molecule has 0 saturated carbocycles. The normalized spacial score (nSPS) is 20.7. The Hall–Kier alpha value is -2.44. The highest BCUT2D eigenvalue weighted by Gasteiger charge is 2.30. The average Bonchev–Trinajstić information content (AvgIpc) is 3.04. The molecule has 3 heterocycles. The molecule has 1 unspecified atom stereocenters. The fourth-order valence-corrected chi connectivity index (χ4v) is 3.72. The van der Waals surface area contributed by atoms with Gasteiger partial charge >= 0.3 is 0 Å². The maximum Gasteiger partial charge on any atom is 0.223 e. The van der Waals surface area contributed by atoms with Crippen molar-refractivity contribution < 1.29 is 4.79 Å². The van der Waals surface area contributed by atoms with Gasteiger partial charge in [0.15, 0.2) is 11.5 Å². The van der Waals surface area contributed by atoms with Crippen LogP contribution < -0.4 is 10.2 Å². The number of rotatable bonds is 4. The van der Waals surface area contributed by atoms with Crippen LogP contribution in [0.15, 0.2) is 24.3 Å². The molecule has 27 heavy (non-hydrogen) atoms. The molecular formula is C20H28N6O. The van der Waals surface area contributed by atoms with Gasteiger partial charge in [0.1, 0.15) is 5.82 Å². The van der Waals surface area contributed by atoms with E-state index in [1.165, 1.54) is 0 Å². The van der Waals surface area contributed by atoms with Crippen LogP contribution in [-0.4, -0.2) is 45.4 Å². The van der Waals surface area contributed by atoms with Crippen LogP contribution in [0.25, 0.3) is 5.65 Å². The monoisotopic (exact) mass is 368 g/mol. The fourth-order valence-electron chi connectivity index (χ4n) is 3.72. The Morgan fingerprint density at radius 2 is 2.04 bits per heavy atom. The van der Waals surface area contributed by atoms with Crippen molar-refractivity contribution in [1.82, 2.24) is 25.1 Å². The highest BCUT2D eigenvalue weighted by Crippen LogP contribution is 2.25. The maximum absolute atomic E-state index is 12.3. The van der Waals surface area contributed by atoms with E-state index in [2.05, 4.69) is 53.3 Å². The molecule has 4 rings (SSSR count). The average molecular weight is 368 g/mol. The summed E-state index contributed by atoms with van der Waals surface area (Å²) in [5.74, 6) is 2.64. The van der Waals surface area contributed by atoms with Crippen LogP contribution in [0.2, 0.25) is 0 Å². The summed E-state index contributed by atoms with van der Waals surface area (Å²) in [7, 11) is 0. The summed E-state index contributed by atoms with van der Waals surface area (Å²) in [4.78, 5) is 14.5. The molecule has 1 amide bonds. The first kappa shape index (κ1) is 17.9. The molecule has 1 fully saturated rings. The zero-order chi connectivity index (χ0) is 19.0. The van der Waals surface area contributed by atoms with Gasteiger partial charge in [-0.25, -0.2) is 0 Å². The highest BCUT2D eigenvalue weighted by molar-refractivity contribution is 5.79. The van der Waals surface area contributed by atoms with Crippen molar-refractivity contribution in [1.29, 1.82) is 0 Å². The predicted molar refractivity (Wildman–Crippen MR) is 105 cm³/mol. The minimum absolute atomic E-state index is 0.110. The van der Waals surface area contributed by atoms with Gasteiger partial charge in [-0.15, -0.1) is 15.3 Å². The largest absolute Gasteiger partial charge is 0.355 e. The zero-order valence-electron chi connectivity index (χ0n) is 16.4. The number of fused-ring (bicyclic) bond motifs is 1. The van der Waals surface area contributed by atoms with E-state index in [-0.39, 0.29) is 17.2 Å². The molecule has 7 nitrogen and oxygen atoms in total. The molecule has 0 bridgehead atoms. The Labute approximate surface area is 159 Å². The number of aromatic nitrogens is 4.